The van der Waals surface area contributed by atoms with Crippen LogP contribution >= 0.6 is 12.4 Å². The fourth-order valence-electron chi connectivity index (χ4n) is 4.06. The number of alkyl halides is 3. The van der Waals surface area contributed by atoms with Crippen LogP contribution in [-0.2, 0) is 20.4 Å². The summed E-state index contributed by atoms with van der Waals surface area (Å²) in [5, 5.41) is 0.589. The summed E-state index contributed by atoms with van der Waals surface area (Å²) in [7, 11) is 0. The number of H-pyrrole nitrogens is 1. The molecule has 198 valence electrons. The predicted molar refractivity (Wildman–Crippen MR) is 134 cm³/mol. The largest absolute Gasteiger partial charge is 0.461 e. The summed E-state index contributed by atoms with van der Waals surface area (Å²) in [4.78, 5) is 40.9. The van der Waals surface area contributed by atoms with Crippen LogP contribution in [0.3, 0.4) is 0 Å². The van der Waals surface area contributed by atoms with Gasteiger partial charge >= 0.3 is 18.2 Å². The molecule has 2 atom stereocenters. The van der Waals surface area contributed by atoms with Gasteiger partial charge in [0.2, 0.25) is 0 Å². The zero-order valence-corrected chi connectivity index (χ0v) is 20.5. The number of rotatable bonds is 7. The number of carbonyl (C=O) groups is 2. The Morgan fingerprint density at radius 2 is 1.95 bits per heavy atom. The molecule has 0 spiro atoms. The average molecular weight is 540 g/mol. The lowest BCUT2D eigenvalue weighted by atomic mass is 10.0. The number of amides is 1. The molecule has 1 saturated heterocycles. The Morgan fingerprint density at radius 3 is 2.65 bits per heavy atom. The number of hydrogen-bond donors (Lipinski definition) is 2. The molecule has 0 unspecified atom stereocenters. The van der Waals surface area contributed by atoms with Crippen LogP contribution in [0.1, 0.15) is 25.3 Å². The van der Waals surface area contributed by atoms with E-state index >= 15 is 0 Å². The van der Waals surface area contributed by atoms with Crippen LogP contribution in [0.15, 0.2) is 53.3 Å². The molecule has 1 fully saturated rings. The number of aromatic nitrogens is 1. The summed E-state index contributed by atoms with van der Waals surface area (Å²) in [5.74, 6) is -0.577. The van der Waals surface area contributed by atoms with E-state index in [0.717, 1.165) is 12.5 Å². The fourth-order valence-corrected chi connectivity index (χ4v) is 4.06. The summed E-state index contributed by atoms with van der Waals surface area (Å²) < 4.78 is 50.7. The molecule has 3 N–H and O–H groups in total. The zero-order valence-electron chi connectivity index (χ0n) is 19.7. The van der Waals surface area contributed by atoms with Gasteiger partial charge in [0.1, 0.15) is 12.6 Å². The molecule has 0 radical (unpaired) electrons. The van der Waals surface area contributed by atoms with E-state index in [9.17, 15) is 27.6 Å². The second kappa shape index (κ2) is 11.2. The Hall–Kier alpha value is -3.57. The Bertz CT molecular complexity index is 1360. The van der Waals surface area contributed by atoms with Gasteiger partial charge in [-0.1, -0.05) is 37.6 Å². The van der Waals surface area contributed by atoms with Crippen molar-refractivity contribution in [3.05, 3.63) is 64.4 Å². The summed E-state index contributed by atoms with van der Waals surface area (Å²) in [5.41, 5.74) is 4.49. The molecule has 0 bridgehead atoms. The number of aromatic amines is 1. The van der Waals surface area contributed by atoms with Crippen molar-refractivity contribution in [2.45, 2.75) is 38.1 Å². The minimum atomic E-state index is -4.59. The summed E-state index contributed by atoms with van der Waals surface area (Å²) in [6, 6.07) is 10.2. The van der Waals surface area contributed by atoms with E-state index in [1.54, 1.807) is 12.1 Å². The number of hydrogen-bond acceptors (Lipinski definition) is 6. The third-order valence-electron chi connectivity index (χ3n) is 5.85. The molecule has 12 heteroatoms. The van der Waals surface area contributed by atoms with Gasteiger partial charge in [0, 0.05) is 22.3 Å². The number of carbonyl (C=O) groups excluding carboxylic acids is 2. The van der Waals surface area contributed by atoms with Crippen molar-refractivity contribution >= 4 is 40.9 Å². The van der Waals surface area contributed by atoms with Crippen molar-refractivity contribution in [3.8, 4) is 11.3 Å². The standard InChI is InChI=1S/C25H24F3N3O5.ClH/c1-2-5-20(29)23(33)35-13-16-12-31(24(34)36-16)15-9-8-14-10-21(30-22(32)18(14)11-15)17-6-3-4-7-19(17)25(26,27)28;/h3-4,6-11,16,20H,2,5,12-13,29H2,1H3,(H,30,32);1H/t16-,20+;/m1./s1. The van der Waals surface area contributed by atoms with Gasteiger partial charge < -0.3 is 20.2 Å². The van der Waals surface area contributed by atoms with Gasteiger partial charge in [-0.15, -0.1) is 12.4 Å². The molecular weight excluding hydrogens is 515 g/mol. The van der Waals surface area contributed by atoms with Gasteiger partial charge in [-0.3, -0.25) is 14.5 Å². The first-order valence-electron chi connectivity index (χ1n) is 11.3. The highest BCUT2D eigenvalue weighted by Crippen LogP contribution is 2.36. The number of nitrogens with one attached hydrogen (secondary N) is 1. The minimum Gasteiger partial charge on any atom is -0.461 e. The number of pyridine rings is 1. The molecule has 0 aliphatic carbocycles. The highest BCUT2D eigenvalue weighted by atomic mass is 35.5. The lowest BCUT2D eigenvalue weighted by Gasteiger charge is -2.15. The van der Waals surface area contributed by atoms with Gasteiger partial charge in [-0.05, 0) is 36.1 Å². The van der Waals surface area contributed by atoms with Gasteiger partial charge in [0.25, 0.3) is 5.56 Å². The molecule has 1 aromatic heterocycles. The zero-order chi connectivity index (χ0) is 26.0. The Kier molecular flexibility index (Phi) is 8.49. The summed E-state index contributed by atoms with van der Waals surface area (Å²) in [6.07, 6.45) is -4.79. The van der Waals surface area contributed by atoms with Crippen molar-refractivity contribution in [3.63, 3.8) is 0 Å². The highest BCUT2D eigenvalue weighted by Gasteiger charge is 2.35. The van der Waals surface area contributed by atoms with Crippen LogP contribution < -0.4 is 16.2 Å². The molecule has 37 heavy (non-hydrogen) atoms. The maximum atomic E-state index is 13.4. The van der Waals surface area contributed by atoms with E-state index in [-0.39, 0.29) is 42.2 Å². The summed E-state index contributed by atoms with van der Waals surface area (Å²) in [6.45, 7) is 1.81. The van der Waals surface area contributed by atoms with E-state index in [1.807, 2.05) is 6.92 Å². The van der Waals surface area contributed by atoms with Crippen molar-refractivity contribution in [1.82, 2.24) is 4.98 Å². The normalized spacial score (nSPS) is 16.3. The molecule has 2 aromatic carbocycles. The van der Waals surface area contributed by atoms with Crippen molar-refractivity contribution < 1.29 is 32.2 Å². The first-order chi connectivity index (χ1) is 17.1. The third-order valence-corrected chi connectivity index (χ3v) is 5.85. The lowest BCUT2D eigenvalue weighted by Crippen LogP contribution is -2.34. The monoisotopic (exact) mass is 539 g/mol. The van der Waals surface area contributed by atoms with Crippen LogP contribution in [0, 0.1) is 0 Å². The number of anilines is 1. The molecule has 1 amide bonds. The van der Waals surface area contributed by atoms with E-state index in [2.05, 4.69) is 4.98 Å². The van der Waals surface area contributed by atoms with Gasteiger partial charge in [0.15, 0.2) is 6.10 Å². The van der Waals surface area contributed by atoms with Gasteiger partial charge in [-0.25, -0.2) is 4.79 Å². The maximum absolute atomic E-state index is 13.4. The average Bonchev–Trinajstić information content (AvgIpc) is 3.22. The number of ether oxygens (including phenoxy) is 2. The first kappa shape index (κ1) is 28.0. The maximum Gasteiger partial charge on any atom is 0.417 e. The SMILES string of the molecule is CCC[C@H](N)C(=O)OC[C@H]1CN(c2ccc3cc(-c4ccccc4C(F)(F)F)[nH]c(=O)c3c2)C(=O)O1.Cl. The van der Waals surface area contributed by atoms with Crippen molar-refractivity contribution in [2.24, 2.45) is 5.73 Å². The number of cyclic esters (lactones) is 1. The lowest BCUT2D eigenvalue weighted by molar-refractivity contribution is -0.147. The van der Waals surface area contributed by atoms with E-state index in [1.165, 1.54) is 35.2 Å². The smallest absolute Gasteiger partial charge is 0.417 e. The van der Waals surface area contributed by atoms with Crippen LogP contribution in [0.25, 0.3) is 22.0 Å². The Morgan fingerprint density at radius 1 is 1.22 bits per heavy atom. The molecule has 3 aromatic rings. The van der Waals surface area contributed by atoms with Crippen LogP contribution in [0.5, 0.6) is 0 Å². The summed E-state index contributed by atoms with van der Waals surface area (Å²) >= 11 is 0. The quantitative estimate of drug-likeness (QED) is 0.423. The second-order valence-corrected chi connectivity index (χ2v) is 8.47. The number of esters is 1. The van der Waals surface area contributed by atoms with Crippen LogP contribution in [0.2, 0.25) is 0 Å². The third kappa shape index (κ3) is 6.05. The van der Waals surface area contributed by atoms with Gasteiger partial charge in [-0.2, -0.15) is 13.2 Å². The predicted octanol–water partition coefficient (Wildman–Crippen LogP) is 4.63. The van der Waals surface area contributed by atoms with Crippen molar-refractivity contribution in [1.29, 1.82) is 0 Å². The van der Waals surface area contributed by atoms with E-state index in [0.29, 0.717) is 17.5 Å². The van der Waals surface area contributed by atoms with Crippen LogP contribution in [0.4, 0.5) is 23.7 Å². The highest BCUT2D eigenvalue weighted by molar-refractivity contribution is 5.95. The molecule has 1 aliphatic rings. The van der Waals surface area contributed by atoms with Gasteiger partial charge in [0.05, 0.1) is 12.1 Å². The number of benzene rings is 2. The van der Waals surface area contributed by atoms with E-state index in [4.69, 9.17) is 15.2 Å². The Labute approximate surface area is 215 Å². The molecule has 4 rings (SSSR count). The Balaban J connectivity index is 0.00000380. The first-order valence-corrected chi connectivity index (χ1v) is 11.3. The molecule has 1 aliphatic heterocycles. The molecular formula is C25H25ClF3N3O5. The minimum absolute atomic E-state index is 0. The van der Waals surface area contributed by atoms with Crippen molar-refractivity contribution in [2.75, 3.05) is 18.1 Å². The topological polar surface area (TPSA) is 115 Å². The number of fused-ring (bicyclic) bond motifs is 1. The number of halogens is 4. The molecule has 2 heterocycles. The number of nitrogens with zero attached hydrogens (tertiary/aromatic N) is 1. The fraction of sp³-hybridized carbons (Fsp3) is 0.320. The molecule has 0 saturated carbocycles. The molecule has 8 nitrogen and oxygen atoms in total. The number of nitrogens with two attached hydrogens (primary N) is 1. The van der Waals surface area contributed by atoms with E-state index < -0.39 is 41.5 Å². The second-order valence-electron chi connectivity index (χ2n) is 8.47. The van der Waals surface area contributed by atoms with Crippen LogP contribution in [-0.4, -0.2) is 42.3 Å².